The van der Waals surface area contributed by atoms with Crippen molar-refractivity contribution < 1.29 is 0 Å². The van der Waals surface area contributed by atoms with E-state index in [1.807, 2.05) is 18.2 Å². The first-order valence-corrected chi connectivity index (χ1v) is 5.92. The number of hydrogen-bond acceptors (Lipinski definition) is 3. The fourth-order valence-corrected chi connectivity index (χ4v) is 1.29. The van der Waals surface area contributed by atoms with Crippen LogP contribution >= 0.6 is 12.2 Å². The first-order chi connectivity index (χ1) is 7.50. The molecule has 0 amide bonds. The molecule has 0 saturated heterocycles. The summed E-state index contributed by atoms with van der Waals surface area (Å²) in [6, 6.07) is 5.65. The molecule has 0 aliphatic rings. The second-order valence-corrected chi connectivity index (χ2v) is 4.81. The van der Waals surface area contributed by atoms with Gasteiger partial charge in [-0.1, -0.05) is 39.1 Å². The van der Waals surface area contributed by atoms with E-state index < -0.39 is 0 Å². The SMILES string of the molecule is CC(C)C(C)CNc1cccc(C(N)=S)n1. The zero-order valence-corrected chi connectivity index (χ0v) is 10.8. The van der Waals surface area contributed by atoms with E-state index in [2.05, 4.69) is 31.1 Å². The smallest absolute Gasteiger partial charge is 0.126 e. The lowest BCUT2D eigenvalue weighted by atomic mass is 9.98. The van der Waals surface area contributed by atoms with Crippen LogP contribution in [0.15, 0.2) is 18.2 Å². The second-order valence-electron chi connectivity index (χ2n) is 4.37. The Labute approximate surface area is 102 Å². The number of nitrogens with two attached hydrogens (primary N) is 1. The molecular formula is C12H19N3S. The third-order valence-electron chi connectivity index (χ3n) is 2.74. The van der Waals surface area contributed by atoms with Gasteiger partial charge in [0.25, 0.3) is 0 Å². The normalized spacial score (nSPS) is 12.5. The van der Waals surface area contributed by atoms with Gasteiger partial charge in [0, 0.05) is 6.54 Å². The molecule has 4 heteroatoms. The van der Waals surface area contributed by atoms with E-state index in [-0.39, 0.29) is 0 Å². The van der Waals surface area contributed by atoms with Crippen LogP contribution in [0.5, 0.6) is 0 Å². The molecule has 0 aromatic carbocycles. The molecule has 1 aromatic heterocycles. The van der Waals surface area contributed by atoms with Crippen LogP contribution in [0.3, 0.4) is 0 Å². The van der Waals surface area contributed by atoms with E-state index in [1.54, 1.807) is 0 Å². The van der Waals surface area contributed by atoms with Crippen molar-refractivity contribution in [2.45, 2.75) is 20.8 Å². The summed E-state index contributed by atoms with van der Waals surface area (Å²) in [5, 5.41) is 3.29. The van der Waals surface area contributed by atoms with Crippen LogP contribution < -0.4 is 11.1 Å². The molecule has 0 radical (unpaired) electrons. The maximum absolute atomic E-state index is 5.53. The highest BCUT2D eigenvalue weighted by Gasteiger charge is 2.07. The summed E-state index contributed by atoms with van der Waals surface area (Å²) in [6.07, 6.45) is 0. The van der Waals surface area contributed by atoms with Crippen molar-refractivity contribution in [3.63, 3.8) is 0 Å². The van der Waals surface area contributed by atoms with Crippen LogP contribution in [0.2, 0.25) is 0 Å². The minimum absolute atomic E-state index is 0.334. The maximum Gasteiger partial charge on any atom is 0.126 e. The second kappa shape index (κ2) is 5.80. The molecule has 0 saturated carbocycles. The van der Waals surface area contributed by atoms with Gasteiger partial charge in [-0.25, -0.2) is 4.98 Å². The van der Waals surface area contributed by atoms with Gasteiger partial charge in [-0.05, 0) is 24.0 Å². The largest absolute Gasteiger partial charge is 0.388 e. The molecule has 88 valence electrons. The summed E-state index contributed by atoms with van der Waals surface area (Å²) in [5.41, 5.74) is 6.19. The summed E-state index contributed by atoms with van der Waals surface area (Å²) in [7, 11) is 0. The molecule has 1 aromatic rings. The van der Waals surface area contributed by atoms with Gasteiger partial charge in [0.2, 0.25) is 0 Å². The van der Waals surface area contributed by atoms with Gasteiger partial charge in [0.15, 0.2) is 0 Å². The molecule has 3 N–H and O–H groups in total. The quantitative estimate of drug-likeness (QED) is 0.772. The Morgan fingerprint density at radius 2 is 2.12 bits per heavy atom. The minimum Gasteiger partial charge on any atom is -0.388 e. The molecule has 0 spiro atoms. The predicted molar refractivity (Wildman–Crippen MR) is 72.6 cm³/mol. The average Bonchev–Trinajstić information content (AvgIpc) is 2.26. The van der Waals surface area contributed by atoms with Crippen molar-refractivity contribution in [2.24, 2.45) is 17.6 Å². The highest BCUT2D eigenvalue weighted by atomic mass is 32.1. The standard InChI is InChI=1S/C12H19N3S/c1-8(2)9(3)7-14-11-6-4-5-10(15-11)12(13)16/h4-6,8-9H,7H2,1-3H3,(H2,13,16)(H,14,15). The zero-order valence-electron chi connectivity index (χ0n) is 10.0. The van der Waals surface area contributed by atoms with Gasteiger partial charge in [-0.2, -0.15) is 0 Å². The Bertz CT molecular complexity index is 363. The Morgan fingerprint density at radius 3 is 2.69 bits per heavy atom. The van der Waals surface area contributed by atoms with E-state index in [0.29, 0.717) is 22.5 Å². The fourth-order valence-electron chi connectivity index (χ4n) is 1.17. The van der Waals surface area contributed by atoms with Crippen molar-refractivity contribution in [2.75, 3.05) is 11.9 Å². The molecule has 0 bridgehead atoms. The van der Waals surface area contributed by atoms with Crippen LogP contribution in [0.25, 0.3) is 0 Å². The lowest BCUT2D eigenvalue weighted by Crippen LogP contribution is -2.18. The van der Waals surface area contributed by atoms with Crippen LogP contribution in [-0.2, 0) is 0 Å². The number of nitrogens with one attached hydrogen (secondary N) is 1. The van der Waals surface area contributed by atoms with Crippen LogP contribution in [0.4, 0.5) is 5.82 Å². The van der Waals surface area contributed by atoms with Crippen LogP contribution in [-0.4, -0.2) is 16.5 Å². The summed E-state index contributed by atoms with van der Waals surface area (Å²) in [6.45, 7) is 7.55. The summed E-state index contributed by atoms with van der Waals surface area (Å²) in [5.74, 6) is 2.10. The first kappa shape index (κ1) is 12.9. The molecule has 1 heterocycles. The Hall–Kier alpha value is -1.16. The van der Waals surface area contributed by atoms with E-state index in [1.165, 1.54) is 0 Å². The topological polar surface area (TPSA) is 50.9 Å². The van der Waals surface area contributed by atoms with Crippen molar-refractivity contribution in [3.05, 3.63) is 23.9 Å². The molecule has 1 atom stereocenters. The Kier molecular flexibility index (Phi) is 4.68. The summed E-state index contributed by atoms with van der Waals surface area (Å²) in [4.78, 5) is 4.66. The third-order valence-corrected chi connectivity index (χ3v) is 2.95. The van der Waals surface area contributed by atoms with E-state index >= 15 is 0 Å². The van der Waals surface area contributed by atoms with Crippen molar-refractivity contribution in [1.29, 1.82) is 0 Å². The monoisotopic (exact) mass is 237 g/mol. The predicted octanol–water partition coefficient (Wildman–Crippen LogP) is 2.42. The number of nitrogens with zero attached hydrogens (tertiary/aromatic N) is 1. The lowest BCUT2D eigenvalue weighted by Gasteiger charge is -2.16. The molecule has 16 heavy (non-hydrogen) atoms. The number of thiocarbonyl (C=S) groups is 1. The van der Waals surface area contributed by atoms with Gasteiger partial charge in [0.05, 0.1) is 5.69 Å². The molecule has 1 rings (SSSR count). The number of pyridine rings is 1. The van der Waals surface area contributed by atoms with Gasteiger partial charge in [-0.15, -0.1) is 0 Å². The van der Waals surface area contributed by atoms with Crippen LogP contribution in [0.1, 0.15) is 26.5 Å². The molecular weight excluding hydrogens is 218 g/mol. The highest BCUT2D eigenvalue weighted by molar-refractivity contribution is 7.80. The first-order valence-electron chi connectivity index (χ1n) is 5.51. The van der Waals surface area contributed by atoms with Gasteiger partial charge < -0.3 is 11.1 Å². The maximum atomic E-state index is 5.53. The van der Waals surface area contributed by atoms with E-state index in [0.717, 1.165) is 12.4 Å². The van der Waals surface area contributed by atoms with Crippen molar-refractivity contribution in [3.8, 4) is 0 Å². The Balaban J connectivity index is 2.61. The fraction of sp³-hybridized carbons (Fsp3) is 0.500. The highest BCUT2D eigenvalue weighted by Crippen LogP contribution is 2.11. The molecule has 0 aliphatic heterocycles. The van der Waals surface area contributed by atoms with Gasteiger partial charge in [-0.3, -0.25) is 0 Å². The molecule has 3 nitrogen and oxygen atoms in total. The zero-order chi connectivity index (χ0) is 12.1. The molecule has 0 aliphatic carbocycles. The number of rotatable bonds is 5. The molecule has 1 unspecified atom stereocenters. The summed E-state index contributed by atoms with van der Waals surface area (Å²) < 4.78 is 0. The lowest BCUT2D eigenvalue weighted by molar-refractivity contribution is 0.439. The van der Waals surface area contributed by atoms with Crippen molar-refractivity contribution >= 4 is 23.0 Å². The summed E-state index contributed by atoms with van der Waals surface area (Å²) >= 11 is 4.89. The Morgan fingerprint density at radius 1 is 1.44 bits per heavy atom. The minimum atomic E-state index is 0.334. The number of hydrogen-bond donors (Lipinski definition) is 2. The van der Waals surface area contributed by atoms with E-state index in [9.17, 15) is 0 Å². The number of aromatic nitrogens is 1. The average molecular weight is 237 g/mol. The van der Waals surface area contributed by atoms with Gasteiger partial charge in [0.1, 0.15) is 10.8 Å². The molecule has 0 fully saturated rings. The van der Waals surface area contributed by atoms with E-state index in [4.69, 9.17) is 18.0 Å². The van der Waals surface area contributed by atoms with Crippen LogP contribution in [0, 0.1) is 11.8 Å². The van der Waals surface area contributed by atoms with Gasteiger partial charge >= 0.3 is 0 Å². The number of anilines is 1. The van der Waals surface area contributed by atoms with Crippen molar-refractivity contribution in [1.82, 2.24) is 4.98 Å². The third kappa shape index (κ3) is 3.77.